The van der Waals surface area contributed by atoms with E-state index in [-0.39, 0.29) is 5.75 Å². The molecular formula is C11H16FNO2. The fourth-order valence-electron chi connectivity index (χ4n) is 1.41. The van der Waals surface area contributed by atoms with Crippen molar-refractivity contribution in [2.75, 3.05) is 7.11 Å². The van der Waals surface area contributed by atoms with Gasteiger partial charge in [-0.15, -0.1) is 0 Å². The van der Waals surface area contributed by atoms with Crippen LogP contribution in [0.1, 0.15) is 19.4 Å². The molecule has 0 atom stereocenters. The number of hydrogen-bond acceptors (Lipinski definition) is 3. The number of benzene rings is 1. The molecule has 1 aromatic carbocycles. The average molecular weight is 213 g/mol. The number of halogens is 1. The van der Waals surface area contributed by atoms with Gasteiger partial charge in [-0.05, 0) is 31.9 Å². The van der Waals surface area contributed by atoms with E-state index >= 15 is 0 Å². The SMILES string of the molecule is COc1cc(F)c(O)cc1CC(C)(C)N. The molecule has 0 aromatic heterocycles. The summed E-state index contributed by atoms with van der Waals surface area (Å²) in [6.45, 7) is 3.71. The number of rotatable bonds is 3. The summed E-state index contributed by atoms with van der Waals surface area (Å²) >= 11 is 0. The predicted molar refractivity (Wildman–Crippen MR) is 56.6 cm³/mol. The van der Waals surface area contributed by atoms with Crippen molar-refractivity contribution in [3.05, 3.63) is 23.5 Å². The molecule has 0 aliphatic carbocycles. The van der Waals surface area contributed by atoms with E-state index in [9.17, 15) is 9.50 Å². The number of phenolic OH excluding ortho intramolecular Hbond substituents is 1. The van der Waals surface area contributed by atoms with Gasteiger partial charge in [-0.2, -0.15) is 0 Å². The number of phenols is 1. The summed E-state index contributed by atoms with van der Waals surface area (Å²) in [5.74, 6) is -0.663. The molecule has 15 heavy (non-hydrogen) atoms. The third-order valence-electron chi connectivity index (χ3n) is 2.00. The van der Waals surface area contributed by atoms with Crippen molar-refractivity contribution in [2.45, 2.75) is 25.8 Å². The van der Waals surface area contributed by atoms with Crippen LogP contribution in [0.15, 0.2) is 12.1 Å². The van der Waals surface area contributed by atoms with E-state index in [1.165, 1.54) is 13.2 Å². The highest BCUT2D eigenvalue weighted by molar-refractivity contribution is 5.41. The van der Waals surface area contributed by atoms with Gasteiger partial charge in [0.2, 0.25) is 0 Å². The largest absolute Gasteiger partial charge is 0.505 e. The molecule has 0 radical (unpaired) electrons. The first-order chi connectivity index (χ1) is 6.83. The minimum Gasteiger partial charge on any atom is -0.505 e. The molecule has 1 aromatic rings. The number of aromatic hydroxyl groups is 1. The molecular weight excluding hydrogens is 197 g/mol. The van der Waals surface area contributed by atoms with Crippen LogP contribution < -0.4 is 10.5 Å². The fraction of sp³-hybridized carbons (Fsp3) is 0.455. The molecule has 3 nitrogen and oxygen atoms in total. The number of hydrogen-bond donors (Lipinski definition) is 2. The molecule has 0 fully saturated rings. The van der Waals surface area contributed by atoms with Crippen LogP contribution in [-0.4, -0.2) is 17.8 Å². The maximum absolute atomic E-state index is 13.0. The fourth-order valence-corrected chi connectivity index (χ4v) is 1.41. The van der Waals surface area contributed by atoms with Crippen LogP contribution in [0.5, 0.6) is 11.5 Å². The summed E-state index contributed by atoms with van der Waals surface area (Å²) < 4.78 is 18.0. The second-order valence-corrected chi connectivity index (χ2v) is 4.28. The Hall–Kier alpha value is -1.29. The lowest BCUT2D eigenvalue weighted by atomic mass is 9.95. The van der Waals surface area contributed by atoms with Gasteiger partial charge in [-0.1, -0.05) is 0 Å². The molecule has 0 spiro atoms. The molecule has 0 saturated carbocycles. The highest BCUT2D eigenvalue weighted by Gasteiger charge is 2.17. The molecule has 84 valence electrons. The second-order valence-electron chi connectivity index (χ2n) is 4.28. The van der Waals surface area contributed by atoms with Crippen molar-refractivity contribution in [3.63, 3.8) is 0 Å². The first-order valence-electron chi connectivity index (χ1n) is 4.68. The van der Waals surface area contributed by atoms with E-state index in [1.54, 1.807) is 0 Å². The zero-order chi connectivity index (χ0) is 11.6. The Morgan fingerprint density at radius 2 is 2.07 bits per heavy atom. The van der Waals surface area contributed by atoms with Gasteiger partial charge in [-0.3, -0.25) is 0 Å². The summed E-state index contributed by atoms with van der Waals surface area (Å²) in [5.41, 5.74) is 6.11. The van der Waals surface area contributed by atoms with Crippen LogP contribution >= 0.6 is 0 Å². The minimum absolute atomic E-state index is 0.380. The summed E-state index contributed by atoms with van der Waals surface area (Å²) in [6.07, 6.45) is 0.504. The van der Waals surface area contributed by atoms with Crippen LogP contribution in [-0.2, 0) is 6.42 Å². The Balaban J connectivity index is 3.11. The maximum atomic E-state index is 13.0. The highest BCUT2D eigenvalue weighted by Crippen LogP contribution is 2.28. The van der Waals surface area contributed by atoms with Gasteiger partial charge in [0.05, 0.1) is 7.11 Å². The van der Waals surface area contributed by atoms with Crippen molar-refractivity contribution in [1.82, 2.24) is 0 Å². The van der Waals surface area contributed by atoms with Crippen LogP contribution in [0.25, 0.3) is 0 Å². The smallest absolute Gasteiger partial charge is 0.168 e. The van der Waals surface area contributed by atoms with E-state index < -0.39 is 11.4 Å². The van der Waals surface area contributed by atoms with Gasteiger partial charge in [-0.25, -0.2) is 4.39 Å². The van der Waals surface area contributed by atoms with Gasteiger partial charge in [0.15, 0.2) is 11.6 Å². The Morgan fingerprint density at radius 3 is 2.53 bits per heavy atom. The second kappa shape index (κ2) is 4.06. The van der Waals surface area contributed by atoms with Crippen molar-refractivity contribution < 1.29 is 14.2 Å². The monoisotopic (exact) mass is 213 g/mol. The number of ether oxygens (including phenoxy) is 1. The average Bonchev–Trinajstić information content (AvgIpc) is 2.08. The number of methoxy groups -OCH3 is 1. The summed E-state index contributed by atoms with van der Waals surface area (Å²) in [6, 6.07) is 2.51. The Morgan fingerprint density at radius 1 is 1.47 bits per heavy atom. The number of nitrogens with two attached hydrogens (primary N) is 1. The van der Waals surface area contributed by atoms with Gasteiger partial charge >= 0.3 is 0 Å². The van der Waals surface area contributed by atoms with E-state index in [0.717, 1.165) is 6.07 Å². The van der Waals surface area contributed by atoms with Crippen molar-refractivity contribution >= 4 is 0 Å². The van der Waals surface area contributed by atoms with Gasteiger partial charge in [0.1, 0.15) is 5.75 Å². The summed E-state index contributed by atoms with van der Waals surface area (Å²) in [7, 11) is 1.46. The van der Waals surface area contributed by atoms with E-state index in [0.29, 0.717) is 17.7 Å². The zero-order valence-electron chi connectivity index (χ0n) is 9.17. The van der Waals surface area contributed by atoms with Gasteiger partial charge in [0.25, 0.3) is 0 Å². The molecule has 4 heteroatoms. The normalized spacial score (nSPS) is 11.5. The van der Waals surface area contributed by atoms with Crippen molar-refractivity contribution in [2.24, 2.45) is 5.73 Å². The van der Waals surface area contributed by atoms with Crippen LogP contribution in [0, 0.1) is 5.82 Å². The Labute approximate surface area is 88.7 Å². The van der Waals surface area contributed by atoms with Crippen LogP contribution in [0.2, 0.25) is 0 Å². The summed E-state index contributed by atoms with van der Waals surface area (Å²) in [4.78, 5) is 0. The first kappa shape index (κ1) is 11.8. The molecule has 0 heterocycles. The summed E-state index contributed by atoms with van der Waals surface area (Å²) in [5, 5.41) is 9.25. The molecule has 0 unspecified atom stereocenters. The standard InChI is InChI=1S/C11H16FNO2/c1-11(2,13)6-7-4-9(14)8(12)5-10(7)15-3/h4-5,14H,6,13H2,1-3H3. The van der Waals surface area contributed by atoms with Crippen LogP contribution in [0.4, 0.5) is 4.39 Å². The lowest BCUT2D eigenvalue weighted by Gasteiger charge is -2.20. The molecule has 0 aliphatic heterocycles. The maximum Gasteiger partial charge on any atom is 0.168 e. The lowest BCUT2D eigenvalue weighted by Crippen LogP contribution is -2.34. The lowest BCUT2D eigenvalue weighted by molar-refractivity contribution is 0.387. The molecule has 0 bridgehead atoms. The molecule has 0 saturated heterocycles. The van der Waals surface area contributed by atoms with E-state index in [4.69, 9.17) is 10.5 Å². The topological polar surface area (TPSA) is 55.5 Å². The predicted octanol–water partition coefficient (Wildman–Crippen LogP) is 1.82. The minimum atomic E-state index is -0.689. The van der Waals surface area contributed by atoms with Gasteiger partial charge < -0.3 is 15.6 Å². The third-order valence-corrected chi connectivity index (χ3v) is 2.00. The van der Waals surface area contributed by atoms with E-state index in [2.05, 4.69) is 0 Å². The van der Waals surface area contributed by atoms with Crippen molar-refractivity contribution in [3.8, 4) is 11.5 Å². The molecule has 3 N–H and O–H groups in total. The van der Waals surface area contributed by atoms with Crippen LogP contribution in [0.3, 0.4) is 0 Å². The Kier molecular flexibility index (Phi) is 3.19. The highest BCUT2D eigenvalue weighted by atomic mass is 19.1. The van der Waals surface area contributed by atoms with Crippen molar-refractivity contribution in [1.29, 1.82) is 0 Å². The molecule has 0 amide bonds. The quantitative estimate of drug-likeness (QED) is 0.805. The molecule has 0 aliphatic rings. The van der Waals surface area contributed by atoms with Gasteiger partial charge in [0, 0.05) is 11.6 Å². The molecule has 1 rings (SSSR count). The third kappa shape index (κ3) is 3.09. The van der Waals surface area contributed by atoms with E-state index in [1.807, 2.05) is 13.8 Å². The first-order valence-corrected chi connectivity index (χ1v) is 4.68. The Bertz CT molecular complexity index is 358. The zero-order valence-corrected chi connectivity index (χ0v) is 9.17.